The van der Waals surface area contributed by atoms with Crippen molar-refractivity contribution >= 4 is 5.69 Å². The van der Waals surface area contributed by atoms with Crippen LogP contribution in [0.1, 0.15) is 56.2 Å². The van der Waals surface area contributed by atoms with Crippen molar-refractivity contribution in [3.8, 4) is 0 Å². The minimum Gasteiger partial charge on any atom is -0.399 e. The lowest BCUT2D eigenvalue weighted by atomic mass is 10.1. The monoisotopic (exact) mass is 218 g/mol. The van der Waals surface area contributed by atoms with Gasteiger partial charge in [-0.2, -0.15) is 0 Å². The van der Waals surface area contributed by atoms with E-state index in [2.05, 4.69) is 0 Å². The molecule has 0 aliphatic heterocycles. The summed E-state index contributed by atoms with van der Waals surface area (Å²) in [5, 5.41) is 0. The molecule has 2 N–H and O–H groups in total. The molecule has 1 aromatic heterocycles. The summed E-state index contributed by atoms with van der Waals surface area (Å²) in [5.41, 5.74) is 7.70. The number of hydrogen-bond acceptors (Lipinski definition) is 2. The number of hydrogen-bond donors (Lipinski definition) is 1. The molecule has 0 amide bonds. The SMILES string of the molecule is Nc1cc(C2CC2)n(C2CCCC2)c(=O)c1. The summed E-state index contributed by atoms with van der Waals surface area (Å²) >= 11 is 0. The maximum absolute atomic E-state index is 12.1. The van der Waals surface area contributed by atoms with Gasteiger partial charge in [0.1, 0.15) is 0 Å². The van der Waals surface area contributed by atoms with E-state index < -0.39 is 0 Å². The molecule has 0 atom stereocenters. The van der Waals surface area contributed by atoms with Crippen LogP contribution in [0.4, 0.5) is 5.69 Å². The lowest BCUT2D eigenvalue weighted by Gasteiger charge is -2.19. The quantitative estimate of drug-likeness (QED) is 0.828. The summed E-state index contributed by atoms with van der Waals surface area (Å²) < 4.78 is 2.03. The molecule has 2 aliphatic carbocycles. The minimum atomic E-state index is 0.105. The summed E-state index contributed by atoms with van der Waals surface area (Å²) in [6.07, 6.45) is 7.26. The van der Waals surface area contributed by atoms with Crippen molar-refractivity contribution in [3.05, 3.63) is 28.2 Å². The highest BCUT2D eigenvalue weighted by Crippen LogP contribution is 2.42. The molecule has 1 heterocycles. The molecule has 0 spiro atoms. The molecule has 3 rings (SSSR count). The van der Waals surface area contributed by atoms with Gasteiger partial charge in [-0.15, -0.1) is 0 Å². The van der Waals surface area contributed by atoms with Crippen LogP contribution in [0.2, 0.25) is 0 Å². The maximum Gasteiger partial charge on any atom is 0.253 e. The average molecular weight is 218 g/mol. The van der Waals surface area contributed by atoms with Crippen LogP contribution in [0.5, 0.6) is 0 Å². The fraction of sp³-hybridized carbons (Fsp3) is 0.615. The number of nitrogen functional groups attached to an aromatic ring is 1. The van der Waals surface area contributed by atoms with Gasteiger partial charge in [0.25, 0.3) is 5.56 Å². The van der Waals surface area contributed by atoms with Crippen LogP contribution in [-0.4, -0.2) is 4.57 Å². The number of nitrogens with two attached hydrogens (primary N) is 1. The summed E-state index contributed by atoms with van der Waals surface area (Å²) in [6, 6.07) is 4.02. The minimum absolute atomic E-state index is 0.105. The van der Waals surface area contributed by atoms with Crippen molar-refractivity contribution in [1.29, 1.82) is 0 Å². The van der Waals surface area contributed by atoms with E-state index in [1.807, 2.05) is 10.6 Å². The van der Waals surface area contributed by atoms with Gasteiger partial charge >= 0.3 is 0 Å². The molecule has 86 valence electrons. The fourth-order valence-corrected chi connectivity index (χ4v) is 2.87. The van der Waals surface area contributed by atoms with Gasteiger partial charge in [0.05, 0.1) is 0 Å². The van der Waals surface area contributed by atoms with E-state index in [-0.39, 0.29) is 5.56 Å². The van der Waals surface area contributed by atoms with Crippen LogP contribution < -0.4 is 11.3 Å². The van der Waals surface area contributed by atoms with E-state index in [0.29, 0.717) is 17.6 Å². The molecule has 16 heavy (non-hydrogen) atoms. The zero-order valence-corrected chi connectivity index (χ0v) is 9.48. The third kappa shape index (κ3) is 1.64. The van der Waals surface area contributed by atoms with E-state index in [9.17, 15) is 4.79 Å². The smallest absolute Gasteiger partial charge is 0.253 e. The molecule has 3 heteroatoms. The Morgan fingerprint density at radius 2 is 1.81 bits per heavy atom. The molecule has 0 aromatic carbocycles. The Bertz CT molecular complexity index is 453. The summed E-state index contributed by atoms with van der Waals surface area (Å²) in [4.78, 5) is 12.1. The first kappa shape index (κ1) is 9.94. The van der Waals surface area contributed by atoms with Gasteiger partial charge in [0.15, 0.2) is 0 Å². The van der Waals surface area contributed by atoms with Crippen molar-refractivity contribution in [2.24, 2.45) is 0 Å². The van der Waals surface area contributed by atoms with Gasteiger partial charge in [-0.3, -0.25) is 4.79 Å². The first-order valence-corrected chi connectivity index (χ1v) is 6.27. The predicted molar refractivity (Wildman–Crippen MR) is 64.6 cm³/mol. The summed E-state index contributed by atoms with van der Waals surface area (Å²) in [5.74, 6) is 0.594. The highest BCUT2D eigenvalue weighted by Gasteiger charge is 2.30. The fourth-order valence-electron chi connectivity index (χ4n) is 2.87. The Labute approximate surface area is 95.3 Å². The van der Waals surface area contributed by atoms with Crippen molar-refractivity contribution < 1.29 is 0 Å². The predicted octanol–water partition coefficient (Wildman–Crippen LogP) is 2.42. The standard InChI is InChI=1S/C13H18N2O/c14-10-7-12(9-5-6-9)15(13(16)8-10)11-3-1-2-4-11/h7-9,11H,1-6,14H2. The average Bonchev–Trinajstić information content (AvgIpc) is 2.95. The largest absolute Gasteiger partial charge is 0.399 e. The van der Waals surface area contributed by atoms with Crippen LogP contribution in [0.25, 0.3) is 0 Å². The molecule has 1 aromatic rings. The Kier molecular flexibility index (Phi) is 2.27. The van der Waals surface area contributed by atoms with Gasteiger partial charge in [-0.1, -0.05) is 12.8 Å². The Hall–Kier alpha value is -1.25. The summed E-state index contributed by atoms with van der Waals surface area (Å²) in [7, 11) is 0. The molecule has 2 saturated carbocycles. The van der Waals surface area contributed by atoms with E-state index >= 15 is 0 Å². The van der Waals surface area contributed by atoms with Gasteiger partial charge in [0.2, 0.25) is 0 Å². The number of nitrogens with zero attached hydrogens (tertiary/aromatic N) is 1. The van der Waals surface area contributed by atoms with Gasteiger partial charge in [0, 0.05) is 23.5 Å². The van der Waals surface area contributed by atoms with Crippen LogP contribution in [0.15, 0.2) is 16.9 Å². The van der Waals surface area contributed by atoms with Crippen LogP contribution in [-0.2, 0) is 0 Å². The van der Waals surface area contributed by atoms with Gasteiger partial charge in [-0.05, 0) is 37.7 Å². The Morgan fingerprint density at radius 3 is 2.44 bits per heavy atom. The molecular weight excluding hydrogens is 200 g/mol. The Balaban J connectivity index is 2.09. The van der Waals surface area contributed by atoms with Crippen LogP contribution >= 0.6 is 0 Å². The lowest BCUT2D eigenvalue weighted by Crippen LogP contribution is -2.26. The first-order valence-electron chi connectivity index (χ1n) is 6.27. The second-order valence-corrected chi connectivity index (χ2v) is 5.13. The van der Waals surface area contributed by atoms with Crippen LogP contribution in [0, 0.1) is 0 Å². The van der Waals surface area contributed by atoms with Gasteiger partial charge in [-0.25, -0.2) is 0 Å². The van der Waals surface area contributed by atoms with Crippen molar-refractivity contribution in [3.63, 3.8) is 0 Å². The van der Waals surface area contributed by atoms with Crippen molar-refractivity contribution in [2.75, 3.05) is 5.73 Å². The normalized spacial score (nSPS) is 21.5. The molecule has 2 aliphatic rings. The second kappa shape index (κ2) is 3.65. The molecule has 2 fully saturated rings. The molecule has 0 radical (unpaired) electrons. The summed E-state index contributed by atoms with van der Waals surface area (Å²) in [6.45, 7) is 0. The molecule has 0 saturated heterocycles. The number of anilines is 1. The number of rotatable bonds is 2. The zero-order valence-electron chi connectivity index (χ0n) is 9.48. The number of pyridine rings is 1. The zero-order chi connectivity index (χ0) is 11.1. The molecular formula is C13H18N2O. The van der Waals surface area contributed by atoms with E-state index in [0.717, 1.165) is 12.8 Å². The first-order chi connectivity index (χ1) is 7.75. The molecule has 0 bridgehead atoms. The highest BCUT2D eigenvalue weighted by atomic mass is 16.1. The van der Waals surface area contributed by atoms with E-state index in [1.54, 1.807) is 6.07 Å². The third-order valence-electron chi connectivity index (χ3n) is 3.81. The van der Waals surface area contributed by atoms with Crippen molar-refractivity contribution in [2.45, 2.75) is 50.5 Å². The van der Waals surface area contributed by atoms with E-state index in [1.165, 1.54) is 31.4 Å². The van der Waals surface area contributed by atoms with E-state index in [4.69, 9.17) is 5.73 Å². The maximum atomic E-state index is 12.1. The van der Waals surface area contributed by atoms with Crippen molar-refractivity contribution in [1.82, 2.24) is 4.57 Å². The second-order valence-electron chi connectivity index (χ2n) is 5.13. The molecule has 0 unspecified atom stereocenters. The van der Waals surface area contributed by atoms with Crippen LogP contribution in [0.3, 0.4) is 0 Å². The third-order valence-corrected chi connectivity index (χ3v) is 3.81. The lowest BCUT2D eigenvalue weighted by molar-refractivity contribution is 0.483. The Morgan fingerprint density at radius 1 is 1.12 bits per heavy atom. The molecule has 3 nitrogen and oxygen atoms in total. The van der Waals surface area contributed by atoms with Gasteiger partial charge < -0.3 is 10.3 Å². The highest BCUT2D eigenvalue weighted by molar-refractivity contribution is 5.40. The topological polar surface area (TPSA) is 48.0 Å². The number of aromatic nitrogens is 1.